The van der Waals surface area contributed by atoms with Crippen LogP contribution in [0.2, 0.25) is 5.02 Å². The number of nitrogens with zero attached hydrogens (tertiary/aromatic N) is 3. The third kappa shape index (κ3) is 5.24. The largest absolute Gasteiger partial charge is 0.382 e. The Balaban J connectivity index is 2.60. The summed E-state index contributed by atoms with van der Waals surface area (Å²) < 4.78 is 1.38. The lowest BCUT2D eigenvalue weighted by Crippen LogP contribution is -2.29. The maximum absolute atomic E-state index is 12.0. The number of nitrogens with one attached hydrogen (secondary N) is 1. The van der Waals surface area contributed by atoms with E-state index >= 15 is 0 Å². The van der Waals surface area contributed by atoms with Gasteiger partial charge in [0.25, 0.3) is 5.56 Å². The smallest absolute Gasteiger partial charge is 0.287 e. The van der Waals surface area contributed by atoms with Gasteiger partial charge in [0.05, 0.1) is 18.4 Å². The number of terminal acetylenes is 1. The third-order valence-corrected chi connectivity index (χ3v) is 3.17. The van der Waals surface area contributed by atoms with E-state index in [0.29, 0.717) is 12.2 Å². The van der Waals surface area contributed by atoms with Crippen molar-refractivity contribution < 1.29 is 0 Å². The highest BCUT2D eigenvalue weighted by atomic mass is 35.5. The summed E-state index contributed by atoms with van der Waals surface area (Å²) in [6, 6.07) is 0. The monoisotopic (exact) mass is 296 g/mol. The highest BCUT2D eigenvalue weighted by Crippen LogP contribution is 2.15. The molecule has 0 spiro atoms. The maximum atomic E-state index is 12.0. The van der Waals surface area contributed by atoms with Crippen LogP contribution in [0, 0.1) is 12.3 Å². The zero-order chi connectivity index (χ0) is 15.0. The summed E-state index contributed by atoms with van der Waals surface area (Å²) in [5.41, 5.74) is 0.320. The Bertz CT molecular complexity index is 519. The molecule has 110 valence electrons. The van der Waals surface area contributed by atoms with E-state index in [0.717, 1.165) is 32.4 Å². The van der Waals surface area contributed by atoms with Crippen LogP contribution in [0.3, 0.4) is 0 Å². The van der Waals surface area contributed by atoms with Gasteiger partial charge in [0.15, 0.2) is 0 Å². The summed E-state index contributed by atoms with van der Waals surface area (Å²) in [5.74, 6) is 2.59. The van der Waals surface area contributed by atoms with Gasteiger partial charge in [-0.15, -0.1) is 12.3 Å². The fourth-order valence-electron chi connectivity index (χ4n) is 1.62. The molecule has 0 saturated heterocycles. The average Bonchev–Trinajstić information content (AvgIpc) is 2.42. The van der Waals surface area contributed by atoms with Crippen LogP contribution in [0.5, 0.6) is 0 Å². The molecule has 1 aromatic heterocycles. The fourth-order valence-corrected chi connectivity index (χ4v) is 1.83. The van der Waals surface area contributed by atoms with E-state index in [4.69, 9.17) is 18.0 Å². The molecule has 5 nitrogen and oxygen atoms in total. The van der Waals surface area contributed by atoms with Crippen LogP contribution in [0.1, 0.15) is 19.3 Å². The van der Waals surface area contributed by atoms with Gasteiger partial charge in [0, 0.05) is 19.5 Å². The molecule has 1 aromatic rings. The van der Waals surface area contributed by atoms with E-state index in [-0.39, 0.29) is 10.6 Å². The number of rotatable bonds is 8. The molecule has 6 heteroatoms. The molecule has 0 radical (unpaired) electrons. The number of likely N-dealkylation sites (N-methyl/N-ethyl adjacent to an activating group) is 1. The van der Waals surface area contributed by atoms with Gasteiger partial charge in [0.1, 0.15) is 5.02 Å². The SMILES string of the molecule is C#CCCCCNc1cnn(CCN(C)C)c(=O)c1Cl. The predicted molar refractivity (Wildman–Crippen MR) is 83.2 cm³/mol. The van der Waals surface area contributed by atoms with Gasteiger partial charge < -0.3 is 10.2 Å². The average molecular weight is 297 g/mol. The highest BCUT2D eigenvalue weighted by molar-refractivity contribution is 6.32. The maximum Gasteiger partial charge on any atom is 0.287 e. The van der Waals surface area contributed by atoms with Crippen molar-refractivity contribution in [2.75, 3.05) is 32.5 Å². The standard InChI is InChI=1S/C14H21ClN4O/c1-4-5-6-7-8-16-12-11-17-19(10-9-18(2)3)14(20)13(12)15/h1,11,16H,5-10H2,2-3H3. The van der Waals surface area contributed by atoms with E-state index in [1.807, 2.05) is 19.0 Å². The van der Waals surface area contributed by atoms with Gasteiger partial charge in [0.2, 0.25) is 0 Å². The van der Waals surface area contributed by atoms with E-state index in [9.17, 15) is 4.79 Å². The Morgan fingerprint density at radius 2 is 2.25 bits per heavy atom. The molecule has 1 rings (SSSR count). The molecule has 0 atom stereocenters. The highest BCUT2D eigenvalue weighted by Gasteiger charge is 2.08. The molecule has 0 aromatic carbocycles. The molecule has 0 aliphatic rings. The molecular weight excluding hydrogens is 276 g/mol. The molecule has 1 N–H and O–H groups in total. The Morgan fingerprint density at radius 1 is 1.50 bits per heavy atom. The minimum Gasteiger partial charge on any atom is -0.382 e. The Morgan fingerprint density at radius 3 is 2.90 bits per heavy atom. The second kappa shape index (κ2) is 8.62. The predicted octanol–water partition coefficient (Wildman–Crippen LogP) is 1.67. The second-order valence-corrected chi connectivity index (χ2v) is 5.17. The summed E-state index contributed by atoms with van der Waals surface area (Å²) >= 11 is 6.07. The van der Waals surface area contributed by atoms with Crippen molar-refractivity contribution in [3.63, 3.8) is 0 Å². The van der Waals surface area contributed by atoms with E-state index in [2.05, 4.69) is 16.3 Å². The number of aromatic nitrogens is 2. The minimum absolute atomic E-state index is 0.190. The van der Waals surface area contributed by atoms with Crippen LogP contribution in [0.25, 0.3) is 0 Å². The summed E-state index contributed by atoms with van der Waals surface area (Å²) in [4.78, 5) is 14.0. The van der Waals surface area contributed by atoms with Gasteiger partial charge in [-0.1, -0.05) is 11.6 Å². The lowest BCUT2D eigenvalue weighted by Gasteiger charge is -2.12. The van der Waals surface area contributed by atoms with Crippen LogP contribution < -0.4 is 10.9 Å². The van der Waals surface area contributed by atoms with Gasteiger partial charge in [-0.3, -0.25) is 4.79 Å². The van der Waals surface area contributed by atoms with Crippen LogP contribution in [0.15, 0.2) is 11.0 Å². The zero-order valence-electron chi connectivity index (χ0n) is 12.0. The van der Waals surface area contributed by atoms with E-state index in [1.165, 1.54) is 4.68 Å². The molecule has 0 aliphatic carbocycles. The molecule has 0 saturated carbocycles. The molecule has 0 bridgehead atoms. The second-order valence-electron chi connectivity index (χ2n) is 4.79. The summed E-state index contributed by atoms with van der Waals surface area (Å²) in [6.07, 6.45) is 9.43. The van der Waals surface area contributed by atoms with Gasteiger partial charge >= 0.3 is 0 Å². The van der Waals surface area contributed by atoms with Gasteiger partial charge in [-0.2, -0.15) is 5.10 Å². The summed E-state index contributed by atoms with van der Waals surface area (Å²) in [7, 11) is 3.89. The Labute approximate surface area is 124 Å². The third-order valence-electron chi connectivity index (χ3n) is 2.81. The van der Waals surface area contributed by atoms with Gasteiger partial charge in [-0.05, 0) is 26.9 Å². The number of anilines is 1. The van der Waals surface area contributed by atoms with Crippen LogP contribution in [-0.4, -0.2) is 41.9 Å². The number of unbranched alkanes of at least 4 members (excludes halogenated alkanes) is 2. The first-order valence-electron chi connectivity index (χ1n) is 6.64. The molecule has 0 aliphatic heterocycles. The lowest BCUT2D eigenvalue weighted by atomic mass is 10.2. The van der Waals surface area contributed by atoms with Crippen molar-refractivity contribution in [3.8, 4) is 12.3 Å². The number of hydrogen-bond acceptors (Lipinski definition) is 4. The lowest BCUT2D eigenvalue weighted by molar-refractivity contribution is 0.367. The van der Waals surface area contributed by atoms with E-state index in [1.54, 1.807) is 6.20 Å². The minimum atomic E-state index is -0.262. The van der Waals surface area contributed by atoms with E-state index < -0.39 is 0 Å². The Kier molecular flexibility index (Phi) is 7.13. The first kappa shape index (κ1) is 16.5. The van der Waals surface area contributed by atoms with Gasteiger partial charge in [-0.25, -0.2) is 4.68 Å². The number of hydrogen-bond donors (Lipinski definition) is 1. The van der Waals surface area contributed by atoms with Crippen LogP contribution >= 0.6 is 11.6 Å². The Hall–Kier alpha value is -1.51. The van der Waals surface area contributed by atoms with Crippen LogP contribution in [0.4, 0.5) is 5.69 Å². The molecule has 0 unspecified atom stereocenters. The quantitative estimate of drug-likeness (QED) is 0.586. The molecule has 1 heterocycles. The molecule has 20 heavy (non-hydrogen) atoms. The molecule has 0 amide bonds. The zero-order valence-corrected chi connectivity index (χ0v) is 12.8. The summed E-state index contributed by atoms with van der Waals surface area (Å²) in [5, 5.41) is 7.43. The first-order chi connectivity index (χ1) is 9.56. The molecule has 0 fully saturated rings. The first-order valence-corrected chi connectivity index (χ1v) is 7.01. The summed E-state index contributed by atoms with van der Waals surface area (Å²) in [6.45, 7) is 1.99. The van der Waals surface area contributed by atoms with Crippen molar-refractivity contribution in [2.45, 2.75) is 25.8 Å². The normalized spacial score (nSPS) is 10.6. The van der Waals surface area contributed by atoms with Crippen molar-refractivity contribution >= 4 is 17.3 Å². The van der Waals surface area contributed by atoms with Crippen molar-refractivity contribution in [1.82, 2.24) is 14.7 Å². The van der Waals surface area contributed by atoms with Crippen molar-refractivity contribution in [3.05, 3.63) is 21.6 Å². The van der Waals surface area contributed by atoms with Crippen molar-refractivity contribution in [2.24, 2.45) is 0 Å². The van der Waals surface area contributed by atoms with Crippen LogP contribution in [-0.2, 0) is 6.54 Å². The topological polar surface area (TPSA) is 50.2 Å². The van der Waals surface area contributed by atoms with Crippen molar-refractivity contribution in [1.29, 1.82) is 0 Å². The fraction of sp³-hybridized carbons (Fsp3) is 0.571. The number of halogens is 1. The molecular formula is C14H21ClN4O.